The van der Waals surface area contributed by atoms with Crippen molar-refractivity contribution in [2.24, 2.45) is 0 Å². The topological polar surface area (TPSA) is 307 Å². The van der Waals surface area contributed by atoms with Crippen LogP contribution in [0.3, 0.4) is 0 Å². The van der Waals surface area contributed by atoms with Crippen molar-refractivity contribution < 1.29 is 89.4 Å². The monoisotopic (exact) mass is 1270 g/mol. The van der Waals surface area contributed by atoms with E-state index in [9.17, 15) is 61.0 Å². The summed E-state index contributed by atoms with van der Waals surface area (Å²) in [5, 5.41) is 120. The van der Waals surface area contributed by atoms with Gasteiger partial charge in [0.15, 0.2) is 18.9 Å². The molecule has 3 heterocycles. The molecule has 3 rings (SSSR count). The van der Waals surface area contributed by atoms with Crippen molar-refractivity contribution in [1.29, 1.82) is 0 Å². The molecule has 0 bridgehead atoms. The van der Waals surface area contributed by atoms with Gasteiger partial charge in [-0.05, 0) is 77.0 Å². The molecular formula is C70H125NO18. The number of hydrogen-bond acceptors (Lipinski definition) is 18. The lowest BCUT2D eigenvalue weighted by Crippen LogP contribution is -2.66. The van der Waals surface area contributed by atoms with E-state index < -0.39 is 124 Å². The first kappa shape index (κ1) is 80.7. The van der Waals surface area contributed by atoms with E-state index in [0.717, 1.165) is 51.4 Å². The number of ether oxygens (including phenoxy) is 6. The van der Waals surface area contributed by atoms with Crippen molar-refractivity contribution in [3.8, 4) is 0 Å². The third-order valence-corrected chi connectivity index (χ3v) is 17.3. The van der Waals surface area contributed by atoms with Crippen LogP contribution in [-0.4, -0.2) is 193 Å². The molecule has 0 aromatic rings. The summed E-state index contributed by atoms with van der Waals surface area (Å²) in [6.45, 7) is 1.69. The van der Waals surface area contributed by atoms with Crippen LogP contribution in [0.2, 0.25) is 0 Å². The van der Waals surface area contributed by atoms with Crippen molar-refractivity contribution in [1.82, 2.24) is 5.32 Å². The molecule has 0 aliphatic carbocycles. The van der Waals surface area contributed by atoms with Crippen molar-refractivity contribution >= 4 is 5.91 Å². The van der Waals surface area contributed by atoms with Crippen molar-refractivity contribution in [3.63, 3.8) is 0 Å². The predicted molar refractivity (Wildman–Crippen MR) is 346 cm³/mol. The van der Waals surface area contributed by atoms with Crippen molar-refractivity contribution in [2.75, 3.05) is 26.4 Å². The van der Waals surface area contributed by atoms with Gasteiger partial charge in [-0.2, -0.15) is 0 Å². The molecule has 0 aromatic carbocycles. The van der Waals surface area contributed by atoms with E-state index in [1.165, 1.54) is 161 Å². The third-order valence-electron chi connectivity index (χ3n) is 17.3. The Balaban J connectivity index is 1.43. The van der Waals surface area contributed by atoms with Gasteiger partial charge < -0.3 is 89.9 Å². The highest BCUT2D eigenvalue weighted by molar-refractivity contribution is 5.76. The highest BCUT2D eigenvalue weighted by Crippen LogP contribution is 2.33. The largest absolute Gasteiger partial charge is 0.394 e. The lowest BCUT2D eigenvalue weighted by atomic mass is 9.96. The number of allylic oxidation sites excluding steroid dienone is 9. The van der Waals surface area contributed by atoms with Crippen molar-refractivity contribution in [2.45, 2.75) is 349 Å². The lowest BCUT2D eigenvalue weighted by Gasteiger charge is -2.48. The smallest absolute Gasteiger partial charge is 0.220 e. The van der Waals surface area contributed by atoms with Crippen LogP contribution in [0.4, 0.5) is 0 Å². The summed E-state index contributed by atoms with van der Waals surface area (Å²) >= 11 is 0. The summed E-state index contributed by atoms with van der Waals surface area (Å²) in [5.74, 6) is -0.290. The second-order valence-corrected chi connectivity index (χ2v) is 25.0. The highest BCUT2D eigenvalue weighted by atomic mass is 16.8. The van der Waals surface area contributed by atoms with Gasteiger partial charge in [0.25, 0.3) is 0 Å². The quantitative estimate of drug-likeness (QED) is 0.0199. The van der Waals surface area contributed by atoms with E-state index >= 15 is 0 Å². The highest BCUT2D eigenvalue weighted by Gasteiger charge is 2.53. The van der Waals surface area contributed by atoms with Crippen LogP contribution in [0.25, 0.3) is 0 Å². The second kappa shape index (κ2) is 51.8. The number of amides is 1. The van der Waals surface area contributed by atoms with Gasteiger partial charge in [-0.1, -0.05) is 222 Å². The van der Waals surface area contributed by atoms with Gasteiger partial charge in [-0.3, -0.25) is 4.79 Å². The normalized spacial score (nSPS) is 28.6. The van der Waals surface area contributed by atoms with Crippen LogP contribution in [0, 0.1) is 0 Å². The van der Waals surface area contributed by atoms with Crippen LogP contribution >= 0.6 is 0 Å². The Morgan fingerprint density at radius 1 is 0.404 bits per heavy atom. The number of hydrogen-bond donors (Lipinski definition) is 12. The molecule has 0 radical (unpaired) electrons. The Kier molecular flexibility index (Phi) is 47.0. The lowest BCUT2D eigenvalue weighted by molar-refractivity contribution is -0.379. The van der Waals surface area contributed by atoms with Crippen LogP contribution in [-0.2, 0) is 33.2 Å². The minimum Gasteiger partial charge on any atom is -0.394 e. The Morgan fingerprint density at radius 3 is 1.19 bits per heavy atom. The zero-order valence-electron chi connectivity index (χ0n) is 54.6. The van der Waals surface area contributed by atoms with Gasteiger partial charge in [-0.15, -0.1) is 0 Å². The molecule has 19 heteroatoms. The average molecular weight is 1270 g/mol. The minimum atomic E-state index is -1.98. The van der Waals surface area contributed by atoms with Gasteiger partial charge in [0.2, 0.25) is 5.91 Å². The number of unbranched alkanes of at least 4 members (excludes halogenated alkanes) is 29. The maximum atomic E-state index is 13.4. The van der Waals surface area contributed by atoms with Gasteiger partial charge in [-0.25, -0.2) is 0 Å². The zero-order valence-corrected chi connectivity index (χ0v) is 54.6. The predicted octanol–water partition coefficient (Wildman–Crippen LogP) is 9.16. The Hall–Kier alpha value is -2.51. The summed E-state index contributed by atoms with van der Waals surface area (Å²) < 4.78 is 34.3. The van der Waals surface area contributed by atoms with Gasteiger partial charge in [0.05, 0.1) is 38.6 Å². The first-order valence-electron chi connectivity index (χ1n) is 35.0. The maximum absolute atomic E-state index is 13.4. The molecular weight excluding hydrogens is 1140 g/mol. The summed E-state index contributed by atoms with van der Waals surface area (Å²) in [5.41, 5.74) is 0. The summed E-state index contributed by atoms with van der Waals surface area (Å²) in [4.78, 5) is 13.4. The molecule has 0 saturated carbocycles. The molecule has 17 unspecified atom stereocenters. The number of aliphatic hydroxyl groups is 11. The number of carbonyl (C=O) groups is 1. The molecule has 3 saturated heterocycles. The van der Waals surface area contributed by atoms with E-state index in [0.29, 0.717) is 12.8 Å². The minimum absolute atomic E-state index is 0.231. The number of aliphatic hydroxyl groups excluding tert-OH is 11. The number of carbonyl (C=O) groups excluding carboxylic acids is 1. The first-order chi connectivity index (χ1) is 43.3. The standard InChI is InChI=1S/C70H125NO18/c1-3-5-7-9-11-13-15-17-19-21-22-23-24-25-26-27-28-29-30-32-34-36-38-40-42-44-46-48-58(76)71-53(54(75)47-45-43-41-39-37-35-33-31-20-18-16-14-12-10-8-6-4-2)52-84-68-64(82)61(79)66(56(50-73)86-68)89-70-65(83)62(80)67(57(51-74)87-70)88-69-63(81)60(78)59(77)55(49-72)85-69/h15,17,20-22,31,37,39,45,47,53-57,59-70,72-75,77-83H,3-14,16,18-19,23-30,32-36,38,40-44,46,48-52H2,1-2H3,(H,71,76)/b17-15-,22-21-,31-20+,39-37+,47-45+. The molecule has 3 fully saturated rings. The van der Waals surface area contributed by atoms with Crippen molar-refractivity contribution in [3.05, 3.63) is 60.8 Å². The fourth-order valence-electron chi connectivity index (χ4n) is 11.5. The van der Waals surface area contributed by atoms with Crippen LogP contribution < -0.4 is 5.32 Å². The van der Waals surface area contributed by atoms with Gasteiger partial charge >= 0.3 is 0 Å². The van der Waals surface area contributed by atoms with Gasteiger partial charge in [0, 0.05) is 6.42 Å². The van der Waals surface area contributed by atoms with E-state index in [4.69, 9.17) is 28.4 Å². The molecule has 17 atom stereocenters. The van der Waals surface area contributed by atoms with E-state index in [1.807, 2.05) is 6.08 Å². The Labute approximate surface area is 535 Å². The number of rotatable bonds is 53. The van der Waals surface area contributed by atoms with E-state index in [2.05, 4.69) is 67.8 Å². The fraction of sp³-hybridized carbons (Fsp3) is 0.843. The molecule has 12 N–H and O–H groups in total. The maximum Gasteiger partial charge on any atom is 0.220 e. The van der Waals surface area contributed by atoms with Crippen LogP contribution in [0.1, 0.15) is 245 Å². The molecule has 0 aromatic heterocycles. The van der Waals surface area contributed by atoms with E-state index in [-0.39, 0.29) is 18.9 Å². The van der Waals surface area contributed by atoms with E-state index in [1.54, 1.807) is 6.08 Å². The third kappa shape index (κ3) is 33.9. The molecule has 19 nitrogen and oxygen atoms in total. The number of nitrogens with one attached hydrogen (secondary N) is 1. The first-order valence-corrected chi connectivity index (χ1v) is 35.0. The Morgan fingerprint density at radius 2 is 0.753 bits per heavy atom. The summed E-state index contributed by atoms with van der Waals surface area (Å²) in [6.07, 6.45) is 36.3. The summed E-state index contributed by atoms with van der Waals surface area (Å²) in [7, 11) is 0. The molecule has 0 spiro atoms. The average Bonchev–Trinajstić information content (AvgIpc) is 2.46. The molecule has 1 amide bonds. The zero-order chi connectivity index (χ0) is 64.7. The second-order valence-electron chi connectivity index (χ2n) is 25.0. The SMILES string of the molecule is CCCCCCC/C=C\C/C=C\CCCCCCCCCCCCCCCCCC(=O)NC(COC1OC(CO)C(OC2OC(CO)C(OC3OC(CO)C(O)C(O)C3O)C(O)C2O)C(O)C1O)C(O)/C=C/CC/C=C/CC/C=C/CCCCCCCCC. The van der Waals surface area contributed by atoms with Crippen LogP contribution in [0.15, 0.2) is 60.8 Å². The molecule has 3 aliphatic heterocycles. The van der Waals surface area contributed by atoms with Crippen LogP contribution in [0.5, 0.6) is 0 Å². The Bertz CT molecular complexity index is 1850. The van der Waals surface area contributed by atoms with Gasteiger partial charge in [0.1, 0.15) is 73.2 Å². The molecule has 3 aliphatic rings. The molecule has 89 heavy (non-hydrogen) atoms. The molecule has 518 valence electrons. The fourth-order valence-corrected chi connectivity index (χ4v) is 11.5. The summed E-state index contributed by atoms with van der Waals surface area (Å²) in [6, 6.07) is -0.998.